The lowest BCUT2D eigenvalue weighted by atomic mass is 9.73. The molecule has 0 spiro atoms. The fourth-order valence-electron chi connectivity index (χ4n) is 9.53. The number of hydrogen-bond donors (Lipinski definition) is 2. The van der Waals surface area contributed by atoms with Crippen LogP contribution in [-0.2, 0) is 49.2 Å². The Morgan fingerprint density at radius 3 is 2.43 bits per heavy atom. The van der Waals surface area contributed by atoms with Crippen molar-refractivity contribution >= 4 is 35.4 Å². The lowest BCUT2D eigenvalue weighted by Crippen LogP contribution is -2.61. The van der Waals surface area contributed by atoms with Crippen LogP contribution in [0.25, 0.3) is 0 Å². The molecule has 1 aromatic rings. The molecular formula is C43H64FN3O13. The predicted molar refractivity (Wildman–Crippen MR) is 215 cm³/mol. The van der Waals surface area contributed by atoms with Crippen molar-refractivity contribution in [3.8, 4) is 5.75 Å². The molecule has 4 aliphatic heterocycles. The Bertz CT molecular complexity index is 1760. The van der Waals surface area contributed by atoms with Crippen LogP contribution < -0.4 is 10.1 Å². The number of rotatable bonds is 10. The number of methoxy groups -OCH3 is 1. The summed E-state index contributed by atoms with van der Waals surface area (Å²) in [6, 6.07) is 3.87. The van der Waals surface area contributed by atoms with E-state index in [0.29, 0.717) is 18.7 Å². The third-order valence-electron chi connectivity index (χ3n) is 12.9. The lowest BCUT2D eigenvalue weighted by Gasteiger charge is -2.47. The molecule has 0 bridgehead atoms. The Morgan fingerprint density at radius 2 is 1.78 bits per heavy atom. The van der Waals surface area contributed by atoms with Crippen LogP contribution in [-0.4, -0.2) is 145 Å². The number of benzene rings is 1. The molecule has 2 N–H and O–H groups in total. The fourth-order valence-corrected chi connectivity index (χ4v) is 9.53. The summed E-state index contributed by atoms with van der Waals surface area (Å²) in [7, 11) is 4.99. The highest BCUT2D eigenvalue weighted by Gasteiger charge is 2.61. The summed E-state index contributed by atoms with van der Waals surface area (Å²) in [4.78, 5) is 72.4. The standard InChI is InChI=1S/C43H64FN3O13/c1-12-31-43(8)34(47(40(53)60-43)17-13-18-56-39(52)45-28-14-15-30-27(21-28)16-19-55-30)25(4)32(48)23(2)22-41(6,54-11)36(26(5)35(50)42(7,44)38(51)58-31)59-37-33(49)29(46(9)10)20-24(3)57-37/h14-15,21,23-26,29,31,33-34,36-37,49H,12-13,16-20,22H2,1-11H3,(H,45,52)/t23-,24-,25+,26+,29+,31-,33-,34-,36-,37+,41-,42+,43-/m1/s1. The van der Waals surface area contributed by atoms with Crippen LogP contribution in [0, 0.1) is 17.8 Å². The number of carbonyl (C=O) groups excluding carboxylic acids is 5. The number of halogens is 1. The molecular weight excluding hydrogens is 785 g/mol. The molecule has 4 aliphatic rings. The van der Waals surface area contributed by atoms with E-state index in [0.717, 1.165) is 24.7 Å². The summed E-state index contributed by atoms with van der Waals surface area (Å²) in [5.41, 5.74) is -4.87. The first kappa shape index (κ1) is 47.2. The molecule has 3 saturated heterocycles. The van der Waals surface area contributed by atoms with Crippen LogP contribution in [0.4, 0.5) is 19.7 Å². The zero-order valence-corrected chi connectivity index (χ0v) is 36.8. The number of nitrogens with zero attached hydrogens (tertiary/aromatic N) is 2. The van der Waals surface area contributed by atoms with Gasteiger partial charge in [0.05, 0.1) is 37.1 Å². The summed E-state index contributed by atoms with van der Waals surface area (Å²) in [5, 5.41) is 14.1. The monoisotopic (exact) mass is 849 g/mol. The van der Waals surface area contributed by atoms with Gasteiger partial charge in [0.25, 0.3) is 5.67 Å². The average Bonchev–Trinajstić information content (AvgIpc) is 3.77. The maximum absolute atomic E-state index is 16.9. The van der Waals surface area contributed by atoms with E-state index in [1.165, 1.54) is 25.9 Å². The number of carbonyl (C=O) groups is 5. The number of alkyl halides is 1. The van der Waals surface area contributed by atoms with Gasteiger partial charge < -0.3 is 48.1 Å². The number of amides is 2. The SMILES string of the molecule is CC[C@H]1OC(=O)[C@@](C)(F)C(=O)[C@H](C)[C@@H](O[C@@H]2O[C@H](C)C[C@H](N(C)C)[C@H]2O)[C@](C)(OC)C[C@@H](C)C(=O)[C@H](C)[C@H]2N(CCCOC(=O)Nc3ccc4c(c3)CCO4)C(=O)O[C@]12C. The van der Waals surface area contributed by atoms with Gasteiger partial charge in [-0.3, -0.25) is 14.9 Å². The molecule has 17 heteroatoms. The number of aliphatic hydroxyl groups is 1. The summed E-state index contributed by atoms with van der Waals surface area (Å²) in [6.07, 6.45) is -5.60. The summed E-state index contributed by atoms with van der Waals surface area (Å²) in [6.45, 7) is 12.7. The van der Waals surface area contributed by atoms with Gasteiger partial charge in [-0.25, -0.2) is 18.8 Å². The minimum Gasteiger partial charge on any atom is -0.493 e. The number of Topliss-reactive ketones (excluding diaryl/α,β-unsaturated/α-hetero) is 2. The number of anilines is 1. The van der Waals surface area contributed by atoms with Gasteiger partial charge in [-0.05, 0) is 91.2 Å². The maximum Gasteiger partial charge on any atom is 0.411 e. The van der Waals surface area contributed by atoms with Crippen molar-refractivity contribution in [1.29, 1.82) is 0 Å². The van der Waals surface area contributed by atoms with Crippen LogP contribution in [0.3, 0.4) is 0 Å². The Balaban J connectivity index is 1.43. The normalized spacial score (nSPS) is 37.7. The zero-order chi connectivity index (χ0) is 44.5. The molecule has 0 radical (unpaired) electrons. The quantitative estimate of drug-likeness (QED) is 0.141. The van der Waals surface area contributed by atoms with E-state index in [-0.39, 0.29) is 50.3 Å². The number of cyclic esters (lactones) is 1. The minimum absolute atomic E-state index is 0.0163. The summed E-state index contributed by atoms with van der Waals surface area (Å²) in [5.74, 6) is -5.34. The molecule has 60 heavy (non-hydrogen) atoms. The first-order valence-electron chi connectivity index (χ1n) is 21.0. The molecule has 1 aromatic carbocycles. The van der Waals surface area contributed by atoms with Crippen molar-refractivity contribution in [2.45, 2.75) is 147 Å². The van der Waals surface area contributed by atoms with Crippen LogP contribution in [0.5, 0.6) is 5.75 Å². The number of esters is 1. The van der Waals surface area contributed by atoms with Crippen molar-refractivity contribution < 1.29 is 66.6 Å². The van der Waals surface area contributed by atoms with E-state index < -0.39 is 89.2 Å². The Morgan fingerprint density at radius 1 is 1.08 bits per heavy atom. The molecule has 0 aromatic heterocycles. The second-order valence-electron chi connectivity index (χ2n) is 17.6. The number of fused-ring (bicyclic) bond motifs is 2. The first-order chi connectivity index (χ1) is 28.1. The third-order valence-corrected chi connectivity index (χ3v) is 12.9. The van der Waals surface area contributed by atoms with Crippen LogP contribution in [0.15, 0.2) is 18.2 Å². The zero-order valence-electron chi connectivity index (χ0n) is 36.8. The van der Waals surface area contributed by atoms with E-state index in [4.69, 9.17) is 33.2 Å². The molecule has 13 atom stereocenters. The first-order valence-corrected chi connectivity index (χ1v) is 21.0. The van der Waals surface area contributed by atoms with Gasteiger partial charge in [0, 0.05) is 49.6 Å². The third kappa shape index (κ3) is 9.44. The molecule has 336 valence electrons. The van der Waals surface area contributed by atoms with Crippen molar-refractivity contribution in [3.05, 3.63) is 23.8 Å². The van der Waals surface area contributed by atoms with Gasteiger partial charge in [-0.15, -0.1) is 0 Å². The average molecular weight is 850 g/mol. The van der Waals surface area contributed by atoms with Crippen LogP contribution in [0.2, 0.25) is 0 Å². The molecule has 5 rings (SSSR count). The number of hydrogen-bond acceptors (Lipinski definition) is 14. The van der Waals surface area contributed by atoms with E-state index in [2.05, 4.69) is 5.32 Å². The number of likely N-dealkylation sites (N-methyl/N-ethyl adjacent to an activating group) is 1. The van der Waals surface area contributed by atoms with Gasteiger partial charge in [0.1, 0.15) is 23.7 Å². The Kier molecular flexibility index (Phi) is 14.6. The number of ether oxygens (including phenoxy) is 7. The number of ketones is 2. The molecule has 0 unspecified atom stereocenters. The van der Waals surface area contributed by atoms with Crippen molar-refractivity contribution in [3.63, 3.8) is 0 Å². The highest BCUT2D eigenvalue weighted by Crippen LogP contribution is 2.44. The fraction of sp³-hybridized carbons (Fsp3) is 0.744. The van der Waals surface area contributed by atoms with Gasteiger partial charge in [0.2, 0.25) is 0 Å². The van der Waals surface area contributed by atoms with Crippen LogP contribution in [0.1, 0.15) is 86.6 Å². The Hall–Kier alpha value is -3.90. The predicted octanol–water partition coefficient (Wildman–Crippen LogP) is 4.86. The van der Waals surface area contributed by atoms with E-state index in [1.54, 1.807) is 39.8 Å². The molecule has 4 heterocycles. The maximum atomic E-state index is 16.9. The smallest absolute Gasteiger partial charge is 0.411 e. The highest BCUT2D eigenvalue weighted by molar-refractivity contribution is 6.08. The second kappa shape index (κ2) is 18.6. The van der Waals surface area contributed by atoms with Crippen molar-refractivity contribution in [2.24, 2.45) is 17.8 Å². The molecule has 3 fully saturated rings. The van der Waals surface area contributed by atoms with E-state index in [1.807, 2.05) is 32.0 Å². The lowest BCUT2D eigenvalue weighted by molar-refractivity contribution is -0.295. The minimum atomic E-state index is -3.22. The van der Waals surface area contributed by atoms with E-state index >= 15 is 4.39 Å². The van der Waals surface area contributed by atoms with Gasteiger partial charge in [0.15, 0.2) is 17.7 Å². The van der Waals surface area contributed by atoms with Crippen molar-refractivity contribution in [1.82, 2.24) is 9.80 Å². The van der Waals surface area contributed by atoms with E-state index in [9.17, 15) is 29.1 Å². The highest BCUT2D eigenvalue weighted by atomic mass is 19.1. The molecule has 0 saturated carbocycles. The number of aliphatic hydroxyl groups excluding tert-OH is 1. The largest absolute Gasteiger partial charge is 0.493 e. The van der Waals surface area contributed by atoms with Crippen molar-refractivity contribution in [2.75, 3.05) is 46.3 Å². The number of nitrogens with one attached hydrogen (secondary N) is 1. The van der Waals surface area contributed by atoms with Gasteiger partial charge in [-0.2, -0.15) is 0 Å². The van der Waals surface area contributed by atoms with Gasteiger partial charge in [-0.1, -0.05) is 27.7 Å². The topological polar surface area (TPSA) is 189 Å². The van der Waals surface area contributed by atoms with Crippen LogP contribution >= 0.6 is 0 Å². The Labute approximate surface area is 352 Å². The molecule has 16 nitrogen and oxygen atoms in total. The summed E-state index contributed by atoms with van der Waals surface area (Å²) < 4.78 is 58.2. The second-order valence-corrected chi connectivity index (χ2v) is 17.6. The van der Waals surface area contributed by atoms with Gasteiger partial charge >= 0.3 is 18.2 Å². The summed E-state index contributed by atoms with van der Waals surface area (Å²) >= 11 is 0. The molecule has 2 amide bonds. The molecule has 0 aliphatic carbocycles.